The van der Waals surface area contributed by atoms with E-state index >= 15 is 0 Å². The van der Waals surface area contributed by atoms with Gasteiger partial charge in [-0.2, -0.15) is 4.98 Å². The topological polar surface area (TPSA) is 22.1 Å². The zero-order chi connectivity index (χ0) is 10.8. The van der Waals surface area contributed by atoms with Crippen LogP contribution in [-0.4, -0.2) is 4.98 Å². The van der Waals surface area contributed by atoms with Gasteiger partial charge in [0, 0.05) is 5.38 Å². The highest BCUT2D eigenvalue weighted by Gasteiger charge is 2.05. The molecule has 0 fully saturated rings. The molecule has 0 N–H and O–H groups in total. The zero-order valence-corrected chi connectivity index (χ0v) is 11.2. The molecule has 78 valence electrons. The molecule has 1 aromatic heterocycles. The molecule has 0 aliphatic heterocycles. The van der Waals surface area contributed by atoms with E-state index in [0.29, 0.717) is 15.4 Å². The molecule has 0 atom stereocenters. The summed E-state index contributed by atoms with van der Waals surface area (Å²) >= 11 is 7.67. The van der Waals surface area contributed by atoms with Gasteiger partial charge in [-0.15, -0.1) is 0 Å². The van der Waals surface area contributed by atoms with Crippen molar-refractivity contribution in [2.75, 3.05) is 0 Å². The van der Waals surface area contributed by atoms with E-state index in [1.807, 2.05) is 5.38 Å². The first-order valence-electron chi connectivity index (χ1n) is 3.89. The van der Waals surface area contributed by atoms with Crippen LogP contribution in [0.15, 0.2) is 32.7 Å². The van der Waals surface area contributed by atoms with Crippen molar-refractivity contribution in [3.8, 4) is 10.9 Å². The molecule has 0 spiro atoms. The largest absolute Gasteiger partial charge is 0.431 e. The SMILES string of the molecule is Fc1ccc(Oc2nc(Br)cs2)cc1Br. The van der Waals surface area contributed by atoms with Gasteiger partial charge in [-0.1, -0.05) is 11.3 Å². The van der Waals surface area contributed by atoms with Crippen LogP contribution in [0.1, 0.15) is 0 Å². The zero-order valence-electron chi connectivity index (χ0n) is 7.21. The fourth-order valence-electron chi connectivity index (χ4n) is 0.927. The van der Waals surface area contributed by atoms with Gasteiger partial charge in [0.15, 0.2) is 0 Å². The van der Waals surface area contributed by atoms with Crippen molar-refractivity contribution in [3.63, 3.8) is 0 Å². The van der Waals surface area contributed by atoms with Gasteiger partial charge in [-0.05, 0) is 50.1 Å². The molecule has 2 rings (SSSR count). The fourth-order valence-corrected chi connectivity index (χ4v) is 2.39. The molecule has 2 aromatic rings. The van der Waals surface area contributed by atoms with Gasteiger partial charge in [0.2, 0.25) is 0 Å². The minimum atomic E-state index is -0.317. The van der Waals surface area contributed by atoms with E-state index in [0.717, 1.165) is 4.60 Å². The molecular formula is C9H4Br2FNOS. The van der Waals surface area contributed by atoms with Crippen molar-refractivity contribution in [2.24, 2.45) is 0 Å². The van der Waals surface area contributed by atoms with Crippen LogP contribution in [0.4, 0.5) is 4.39 Å². The second-order valence-corrected chi connectivity index (χ2v) is 5.10. The number of thiazole rings is 1. The number of ether oxygens (including phenoxy) is 1. The summed E-state index contributed by atoms with van der Waals surface area (Å²) in [5.74, 6) is 0.229. The number of aromatic nitrogens is 1. The molecule has 0 aliphatic carbocycles. The Morgan fingerprint density at radius 2 is 2.13 bits per heavy atom. The first kappa shape index (κ1) is 11.0. The Morgan fingerprint density at radius 1 is 1.33 bits per heavy atom. The highest BCUT2D eigenvalue weighted by Crippen LogP contribution is 2.29. The third-order valence-electron chi connectivity index (χ3n) is 1.55. The van der Waals surface area contributed by atoms with Gasteiger partial charge in [0.25, 0.3) is 5.19 Å². The molecule has 1 aromatic carbocycles. The summed E-state index contributed by atoms with van der Waals surface area (Å²) in [7, 11) is 0. The van der Waals surface area contributed by atoms with E-state index in [1.165, 1.54) is 17.4 Å². The molecule has 15 heavy (non-hydrogen) atoms. The van der Waals surface area contributed by atoms with Crippen molar-refractivity contribution in [3.05, 3.63) is 38.5 Å². The Bertz CT molecular complexity index is 489. The number of benzene rings is 1. The molecule has 0 amide bonds. The van der Waals surface area contributed by atoms with Gasteiger partial charge >= 0.3 is 0 Å². The number of hydrogen-bond acceptors (Lipinski definition) is 3. The predicted molar refractivity (Wildman–Crippen MR) is 64.0 cm³/mol. The molecule has 0 unspecified atom stereocenters. The lowest BCUT2D eigenvalue weighted by molar-refractivity contribution is 0.475. The van der Waals surface area contributed by atoms with Crippen LogP contribution in [-0.2, 0) is 0 Å². The van der Waals surface area contributed by atoms with Gasteiger partial charge in [-0.3, -0.25) is 0 Å². The Hall–Kier alpha value is -0.460. The van der Waals surface area contributed by atoms with E-state index in [2.05, 4.69) is 36.8 Å². The summed E-state index contributed by atoms with van der Waals surface area (Å²) in [6.07, 6.45) is 0. The average molecular weight is 353 g/mol. The summed E-state index contributed by atoms with van der Waals surface area (Å²) < 4.78 is 19.4. The predicted octanol–water partition coefficient (Wildman–Crippen LogP) is 4.60. The lowest BCUT2D eigenvalue weighted by atomic mass is 10.3. The summed E-state index contributed by atoms with van der Waals surface area (Å²) in [6, 6.07) is 4.45. The van der Waals surface area contributed by atoms with Crippen LogP contribution in [0, 0.1) is 5.82 Å². The lowest BCUT2D eigenvalue weighted by Crippen LogP contribution is -1.84. The van der Waals surface area contributed by atoms with Crippen LogP contribution in [0.2, 0.25) is 0 Å². The third-order valence-corrected chi connectivity index (χ3v) is 3.59. The number of nitrogens with zero attached hydrogens (tertiary/aromatic N) is 1. The normalized spacial score (nSPS) is 10.3. The van der Waals surface area contributed by atoms with Crippen molar-refractivity contribution in [1.29, 1.82) is 0 Å². The molecule has 2 nitrogen and oxygen atoms in total. The molecule has 0 radical (unpaired) electrons. The lowest BCUT2D eigenvalue weighted by Gasteiger charge is -2.01. The second kappa shape index (κ2) is 4.59. The van der Waals surface area contributed by atoms with Crippen LogP contribution in [0.5, 0.6) is 10.9 Å². The van der Waals surface area contributed by atoms with Gasteiger partial charge in [-0.25, -0.2) is 4.39 Å². The molecule has 0 bridgehead atoms. The van der Waals surface area contributed by atoms with E-state index in [1.54, 1.807) is 12.1 Å². The quantitative estimate of drug-likeness (QED) is 0.788. The Morgan fingerprint density at radius 3 is 2.73 bits per heavy atom. The molecular weight excluding hydrogens is 349 g/mol. The molecule has 0 aliphatic rings. The Kier molecular flexibility index (Phi) is 3.38. The second-order valence-electron chi connectivity index (χ2n) is 2.61. The molecule has 1 heterocycles. The fraction of sp³-hybridized carbons (Fsp3) is 0. The van der Waals surface area contributed by atoms with Crippen LogP contribution < -0.4 is 4.74 Å². The van der Waals surface area contributed by atoms with Gasteiger partial charge in [0.1, 0.15) is 16.2 Å². The van der Waals surface area contributed by atoms with Crippen molar-refractivity contribution in [2.45, 2.75) is 0 Å². The number of halogens is 3. The van der Waals surface area contributed by atoms with Crippen molar-refractivity contribution < 1.29 is 9.13 Å². The standard InChI is InChI=1S/C9H4Br2FNOS/c10-6-3-5(1-2-7(6)12)14-9-13-8(11)4-15-9/h1-4H. The average Bonchev–Trinajstić information content (AvgIpc) is 2.58. The van der Waals surface area contributed by atoms with Gasteiger partial charge in [0.05, 0.1) is 4.47 Å². The van der Waals surface area contributed by atoms with Crippen LogP contribution >= 0.6 is 43.2 Å². The minimum Gasteiger partial charge on any atom is -0.431 e. The van der Waals surface area contributed by atoms with E-state index in [4.69, 9.17) is 4.74 Å². The minimum absolute atomic E-state index is 0.317. The highest BCUT2D eigenvalue weighted by molar-refractivity contribution is 9.10. The maximum Gasteiger partial charge on any atom is 0.279 e. The van der Waals surface area contributed by atoms with E-state index in [9.17, 15) is 4.39 Å². The van der Waals surface area contributed by atoms with Crippen molar-refractivity contribution >= 4 is 43.2 Å². The monoisotopic (exact) mass is 351 g/mol. The smallest absolute Gasteiger partial charge is 0.279 e. The maximum atomic E-state index is 12.9. The first-order chi connectivity index (χ1) is 7.15. The number of rotatable bonds is 2. The first-order valence-corrected chi connectivity index (χ1v) is 6.35. The highest BCUT2D eigenvalue weighted by atomic mass is 79.9. The van der Waals surface area contributed by atoms with E-state index < -0.39 is 0 Å². The Labute approximate surface area is 106 Å². The number of hydrogen-bond donors (Lipinski definition) is 0. The van der Waals surface area contributed by atoms with Gasteiger partial charge < -0.3 is 4.74 Å². The molecule has 0 saturated carbocycles. The summed E-state index contributed by atoms with van der Waals surface area (Å²) in [6.45, 7) is 0. The Balaban J connectivity index is 2.21. The molecule has 0 saturated heterocycles. The summed E-state index contributed by atoms with van der Waals surface area (Å²) in [5.41, 5.74) is 0. The maximum absolute atomic E-state index is 12.9. The summed E-state index contributed by atoms with van der Waals surface area (Å²) in [5, 5.41) is 2.33. The van der Waals surface area contributed by atoms with E-state index in [-0.39, 0.29) is 5.82 Å². The molecule has 6 heteroatoms. The third kappa shape index (κ3) is 2.76. The van der Waals surface area contributed by atoms with Crippen molar-refractivity contribution in [1.82, 2.24) is 4.98 Å². The summed E-state index contributed by atoms with van der Waals surface area (Å²) in [4.78, 5) is 4.06. The van der Waals surface area contributed by atoms with Crippen LogP contribution in [0.25, 0.3) is 0 Å². The van der Waals surface area contributed by atoms with Crippen LogP contribution in [0.3, 0.4) is 0 Å².